The molecule has 1 aliphatic heterocycles. The molecule has 0 aromatic heterocycles. The first-order valence-corrected chi connectivity index (χ1v) is 7.63. The van der Waals surface area contributed by atoms with Crippen LogP contribution >= 0.6 is 24.0 Å². The highest BCUT2D eigenvalue weighted by Gasteiger charge is 2.37. The number of nitrogens with one attached hydrogen (secondary N) is 1. The number of nitrogens with zero attached hydrogens (tertiary/aromatic N) is 1. The van der Waals surface area contributed by atoms with E-state index in [1.807, 2.05) is 6.92 Å². The Hall–Kier alpha value is -0.490. The average Bonchev–Trinajstić information content (AvgIpc) is 2.45. The van der Waals surface area contributed by atoms with Crippen molar-refractivity contribution in [1.29, 1.82) is 0 Å². The van der Waals surface area contributed by atoms with Gasteiger partial charge in [-0.2, -0.15) is 13.2 Å². The van der Waals surface area contributed by atoms with E-state index in [1.165, 1.54) is 6.07 Å². The van der Waals surface area contributed by atoms with Gasteiger partial charge >= 0.3 is 6.18 Å². The van der Waals surface area contributed by atoms with Crippen molar-refractivity contribution in [3.05, 3.63) is 34.3 Å². The normalized spacial score (nSPS) is 17.9. The zero-order valence-corrected chi connectivity index (χ0v) is 14.0. The lowest BCUT2D eigenvalue weighted by atomic mass is 9.94. The molecule has 1 heterocycles. The molecule has 1 saturated heterocycles. The number of halogens is 5. The summed E-state index contributed by atoms with van der Waals surface area (Å²) in [6, 6.07) is 3.78. The number of rotatable bonds is 4. The van der Waals surface area contributed by atoms with Gasteiger partial charge in [0.2, 0.25) is 0 Å². The molecule has 1 aromatic rings. The molecular formula is C15H21Cl2F3N2. The first-order chi connectivity index (χ1) is 9.95. The highest BCUT2D eigenvalue weighted by atomic mass is 35.5. The van der Waals surface area contributed by atoms with Crippen LogP contribution in [0, 0.1) is 0 Å². The number of piperazine rings is 1. The zero-order chi connectivity index (χ0) is 15.5. The lowest BCUT2D eigenvalue weighted by Crippen LogP contribution is -2.45. The van der Waals surface area contributed by atoms with Crippen LogP contribution < -0.4 is 5.32 Å². The first-order valence-electron chi connectivity index (χ1n) is 7.25. The Kier molecular flexibility index (Phi) is 7.46. The molecule has 2 nitrogen and oxygen atoms in total. The molecule has 1 aliphatic rings. The fourth-order valence-electron chi connectivity index (χ4n) is 2.90. The van der Waals surface area contributed by atoms with E-state index in [4.69, 9.17) is 11.6 Å². The molecule has 0 unspecified atom stereocenters. The van der Waals surface area contributed by atoms with Gasteiger partial charge in [-0.1, -0.05) is 31.0 Å². The minimum atomic E-state index is -4.37. The molecule has 0 spiro atoms. The SMILES string of the molecule is CCC[C@@H](c1c(Cl)cccc1C(F)(F)F)N1CCNCC1.Cl. The van der Waals surface area contributed by atoms with Crippen molar-refractivity contribution < 1.29 is 13.2 Å². The Morgan fingerprint density at radius 1 is 1.27 bits per heavy atom. The molecule has 1 N–H and O–H groups in total. The summed E-state index contributed by atoms with van der Waals surface area (Å²) in [6.07, 6.45) is -2.88. The van der Waals surface area contributed by atoms with Crippen LogP contribution in [-0.2, 0) is 6.18 Å². The van der Waals surface area contributed by atoms with Crippen molar-refractivity contribution in [2.24, 2.45) is 0 Å². The van der Waals surface area contributed by atoms with E-state index in [2.05, 4.69) is 10.2 Å². The van der Waals surface area contributed by atoms with Crippen molar-refractivity contribution in [2.45, 2.75) is 32.0 Å². The highest BCUT2D eigenvalue weighted by Crippen LogP contribution is 2.41. The molecule has 7 heteroatoms. The highest BCUT2D eigenvalue weighted by molar-refractivity contribution is 6.31. The van der Waals surface area contributed by atoms with E-state index in [0.717, 1.165) is 38.7 Å². The minimum Gasteiger partial charge on any atom is -0.314 e. The van der Waals surface area contributed by atoms with E-state index in [9.17, 15) is 13.2 Å². The molecule has 126 valence electrons. The van der Waals surface area contributed by atoms with Gasteiger partial charge < -0.3 is 5.32 Å². The monoisotopic (exact) mass is 356 g/mol. The number of benzene rings is 1. The fourth-order valence-corrected chi connectivity index (χ4v) is 3.20. The third kappa shape index (κ3) is 4.51. The van der Waals surface area contributed by atoms with Gasteiger partial charge in [-0.3, -0.25) is 4.90 Å². The second kappa shape index (κ2) is 8.39. The quantitative estimate of drug-likeness (QED) is 0.852. The second-order valence-electron chi connectivity index (χ2n) is 5.29. The lowest BCUT2D eigenvalue weighted by Gasteiger charge is -2.36. The summed E-state index contributed by atoms with van der Waals surface area (Å²) >= 11 is 6.14. The standard InChI is InChI=1S/C15H20ClF3N2.ClH/c1-2-4-13(21-9-7-20-8-10-21)14-11(15(17,18)19)5-3-6-12(14)16;/h3,5-6,13,20H,2,4,7-10H2,1H3;1H/t13-;/m0./s1. The van der Waals surface area contributed by atoms with Crippen molar-refractivity contribution in [1.82, 2.24) is 10.2 Å². The van der Waals surface area contributed by atoms with E-state index in [-0.39, 0.29) is 29.0 Å². The van der Waals surface area contributed by atoms with Crippen LogP contribution in [0.4, 0.5) is 13.2 Å². The maximum absolute atomic E-state index is 13.3. The van der Waals surface area contributed by atoms with Crippen molar-refractivity contribution in [3.8, 4) is 0 Å². The third-order valence-corrected chi connectivity index (χ3v) is 4.18. The van der Waals surface area contributed by atoms with E-state index in [0.29, 0.717) is 6.42 Å². The molecule has 2 rings (SSSR count). The van der Waals surface area contributed by atoms with Gasteiger partial charge in [-0.25, -0.2) is 0 Å². The summed E-state index contributed by atoms with van der Waals surface area (Å²) in [7, 11) is 0. The minimum absolute atomic E-state index is 0. The van der Waals surface area contributed by atoms with E-state index < -0.39 is 11.7 Å². The molecule has 0 bridgehead atoms. The van der Waals surface area contributed by atoms with E-state index >= 15 is 0 Å². The van der Waals surface area contributed by atoms with Crippen LogP contribution in [-0.4, -0.2) is 31.1 Å². The van der Waals surface area contributed by atoms with Gasteiger partial charge in [0, 0.05) is 42.8 Å². The summed E-state index contributed by atoms with van der Waals surface area (Å²) in [5.41, 5.74) is -0.373. The number of alkyl halides is 3. The van der Waals surface area contributed by atoms with Crippen LogP contribution in [0.1, 0.15) is 36.9 Å². The molecule has 0 aliphatic carbocycles. The number of hydrogen-bond donors (Lipinski definition) is 1. The van der Waals surface area contributed by atoms with Crippen LogP contribution in [0.3, 0.4) is 0 Å². The number of hydrogen-bond acceptors (Lipinski definition) is 2. The Bertz CT molecular complexity index is 474. The van der Waals surface area contributed by atoms with Crippen LogP contribution in [0.5, 0.6) is 0 Å². The molecule has 1 fully saturated rings. The summed E-state index contributed by atoms with van der Waals surface area (Å²) in [6.45, 7) is 5.07. The molecule has 22 heavy (non-hydrogen) atoms. The molecule has 0 amide bonds. The lowest BCUT2D eigenvalue weighted by molar-refractivity contribution is -0.138. The van der Waals surface area contributed by atoms with Gasteiger partial charge in [0.05, 0.1) is 5.56 Å². The third-order valence-electron chi connectivity index (χ3n) is 3.85. The molecular weight excluding hydrogens is 336 g/mol. The largest absolute Gasteiger partial charge is 0.416 e. The Morgan fingerprint density at radius 2 is 1.91 bits per heavy atom. The molecule has 1 atom stereocenters. The smallest absolute Gasteiger partial charge is 0.314 e. The summed E-state index contributed by atoms with van der Waals surface area (Å²) in [5, 5.41) is 3.44. The average molecular weight is 357 g/mol. The topological polar surface area (TPSA) is 15.3 Å². The van der Waals surface area contributed by atoms with Gasteiger partial charge in [-0.15, -0.1) is 12.4 Å². The van der Waals surface area contributed by atoms with Crippen LogP contribution in [0.25, 0.3) is 0 Å². The van der Waals surface area contributed by atoms with Gasteiger partial charge in [0.15, 0.2) is 0 Å². The predicted octanol–water partition coefficient (Wildman–Crippen LogP) is 4.53. The van der Waals surface area contributed by atoms with Crippen molar-refractivity contribution in [3.63, 3.8) is 0 Å². The van der Waals surface area contributed by atoms with Gasteiger partial charge in [-0.05, 0) is 18.6 Å². The summed E-state index contributed by atoms with van der Waals surface area (Å²) < 4.78 is 39.9. The zero-order valence-electron chi connectivity index (χ0n) is 12.4. The first kappa shape index (κ1) is 19.6. The molecule has 1 aromatic carbocycles. The summed E-state index contributed by atoms with van der Waals surface area (Å²) in [4.78, 5) is 2.11. The predicted molar refractivity (Wildman–Crippen MR) is 85.8 cm³/mol. The second-order valence-corrected chi connectivity index (χ2v) is 5.70. The maximum Gasteiger partial charge on any atom is 0.416 e. The fraction of sp³-hybridized carbons (Fsp3) is 0.600. The molecule has 0 radical (unpaired) electrons. The summed E-state index contributed by atoms with van der Waals surface area (Å²) in [5.74, 6) is 0. The Morgan fingerprint density at radius 3 is 2.45 bits per heavy atom. The Labute approximate surface area is 140 Å². The van der Waals surface area contributed by atoms with Gasteiger partial charge in [0.25, 0.3) is 0 Å². The van der Waals surface area contributed by atoms with Crippen LogP contribution in [0.15, 0.2) is 18.2 Å². The van der Waals surface area contributed by atoms with E-state index in [1.54, 1.807) is 6.07 Å². The maximum atomic E-state index is 13.3. The van der Waals surface area contributed by atoms with Gasteiger partial charge in [0.1, 0.15) is 0 Å². The Balaban J connectivity index is 0.00000242. The van der Waals surface area contributed by atoms with Crippen LogP contribution in [0.2, 0.25) is 5.02 Å². The molecule has 0 saturated carbocycles. The van der Waals surface area contributed by atoms with Crippen molar-refractivity contribution >= 4 is 24.0 Å². The van der Waals surface area contributed by atoms with Crippen molar-refractivity contribution in [2.75, 3.05) is 26.2 Å².